The lowest BCUT2D eigenvalue weighted by Crippen LogP contribution is -2.59. The second-order valence-corrected chi connectivity index (χ2v) is 3.77. The summed E-state index contributed by atoms with van der Waals surface area (Å²) in [6.07, 6.45) is 4.67. The van der Waals surface area contributed by atoms with E-state index in [4.69, 9.17) is 5.73 Å². The number of aliphatic hydroxyl groups is 1. The Morgan fingerprint density at radius 3 is 2.27 bits per heavy atom. The average Bonchev–Trinajstić information content (AvgIpc) is 1.78. The van der Waals surface area contributed by atoms with Crippen LogP contribution in [0.15, 0.2) is 0 Å². The van der Waals surface area contributed by atoms with E-state index in [1.54, 1.807) is 0 Å². The standard InChI is InChI=1S/C8H15NO.ClH/c9-5-6-4-7(10)8(6)2-1-3-8;/h6-7,10H,1-5,9H2;1H. The molecule has 0 heterocycles. The Labute approximate surface area is 73.6 Å². The second kappa shape index (κ2) is 2.92. The molecule has 0 bridgehead atoms. The zero-order valence-corrected chi connectivity index (χ0v) is 7.44. The van der Waals surface area contributed by atoms with Crippen LogP contribution in [-0.2, 0) is 0 Å². The molecule has 0 aliphatic heterocycles. The summed E-state index contributed by atoms with van der Waals surface area (Å²) in [6, 6.07) is 0. The van der Waals surface area contributed by atoms with E-state index < -0.39 is 0 Å². The SMILES string of the molecule is Cl.NCC1CC(O)C12CCC2. The average molecular weight is 178 g/mol. The van der Waals surface area contributed by atoms with Gasteiger partial charge in [-0.3, -0.25) is 0 Å². The van der Waals surface area contributed by atoms with Crippen LogP contribution in [0.25, 0.3) is 0 Å². The lowest BCUT2D eigenvalue weighted by atomic mass is 9.48. The van der Waals surface area contributed by atoms with Crippen molar-refractivity contribution in [3.8, 4) is 0 Å². The van der Waals surface area contributed by atoms with E-state index in [1.165, 1.54) is 19.3 Å². The van der Waals surface area contributed by atoms with Crippen molar-refractivity contribution >= 4 is 12.4 Å². The third-order valence-corrected chi connectivity index (χ3v) is 3.55. The fourth-order valence-corrected chi connectivity index (χ4v) is 2.51. The van der Waals surface area contributed by atoms with Crippen LogP contribution in [0.1, 0.15) is 25.7 Å². The zero-order valence-electron chi connectivity index (χ0n) is 6.62. The summed E-state index contributed by atoms with van der Waals surface area (Å²) in [4.78, 5) is 0. The maximum absolute atomic E-state index is 9.46. The lowest BCUT2D eigenvalue weighted by Gasteiger charge is -2.59. The Morgan fingerprint density at radius 2 is 2.09 bits per heavy atom. The van der Waals surface area contributed by atoms with Crippen LogP contribution < -0.4 is 5.73 Å². The molecule has 0 aromatic carbocycles. The zero-order chi connectivity index (χ0) is 7.19. The molecule has 0 radical (unpaired) electrons. The van der Waals surface area contributed by atoms with Crippen molar-refractivity contribution in [3.63, 3.8) is 0 Å². The molecule has 2 rings (SSSR count). The Kier molecular flexibility index (Phi) is 2.47. The van der Waals surface area contributed by atoms with E-state index in [9.17, 15) is 5.11 Å². The number of rotatable bonds is 1. The highest BCUT2D eigenvalue weighted by Gasteiger charge is 2.56. The molecule has 2 unspecified atom stereocenters. The van der Waals surface area contributed by atoms with Gasteiger partial charge >= 0.3 is 0 Å². The first-order valence-electron chi connectivity index (χ1n) is 4.18. The molecule has 11 heavy (non-hydrogen) atoms. The van der Waals surface area contributed by atoms with E-state index >= 15 is 0 Å². The molecule has 0 aromatic rings. The molecular formula is C8H16ClNO. The highest BCUT2D eigenvalue weighted by molar-refractivity contribution is 5.85. The van der Waals surface area contributed by atoms with Gasteiger partial charge in [-0.05, 0) is 31.7 Å². The van der Waals surface area contributed by atoms with Crippen molar-refractivity contribution in [3.05, 3.63) is 0 Å². The third kappa shape index (κ3) is 1.00. The van der Waals surface area contributed by atoms with Gasteiger partial charge in [-0.15, -0.1) is 12.4 Å². The van der Waals surface area contributed by atoms with Gasteiger partial charge in [-0.25, -0.2) is 0 Å². The van der Waals surface area contributed by atoms with E-state index in [0.29, 0.717) is 11.3 Å². The number of hydrogen-bond acceptors (Lipinski definition) is 2. The van der Waals surface area contributed by atoms with Gasteiger partial charge in [0.25, 0.3) is 0 Å². The first kappa shape index (κ1) is 9.30. The Bertz CT molecular complexity index is 147. The smallest absolute Gasteiger partial charge is 0.0602 e. The van der Waals surface area contributed by atoms with Gasteiger partial charge in [0.2, 0.25) is 0 Å². The molecule has 1 spiro atoms. The van der Waals surface area contributed by atoms with Crippen LogP contribution >= 0.6 is 12.4 Å². The first-order valence-corrected chi connectivity index (χ1v) is 4.18. The molecule has 2 fully saturated rings. The minimum absolute atomic E-state index is 0. The molecule has 2 aliphatic carbocycles. The summed E-state index contributed by atoms with van der Waals surface area (Å²) in [5.41, 5.74) is 5.87. The van der Waals surface area contributed by atoms with Crippen LogP contribution in [0.5, 0.6) is 0 Å². The van der Waals surface area contributed by atoms with E-state index in [1.807, 2.05) is 0 Å². The minimum atomic E-state index is -0.0187. The van der Waals surface area contributed by atoms with Crippen LogP contribution in [0.3, 0.4) is 0 Å². The molecule has 0 amide bonds. The predicted molar refractivity (Wildman–Crippen MR) is 46.7 cm³/mol. The maximum Gasteiger partial charge on any atom is 0.0602 e. The van der Waals surface area contributed by atoms with Crippen molar-refractivity contribution in [2.45, 2.75) is 31.8 Å². The van der Waals surface area contributed by atoms with Gasteiger partial charge < -0.3 is 10.8 Å². The predicted octanol–water partition coefficient (Wildman–Crippen LogP) is 0.918. The van der Waals surface area contributed by atoms with Crippen molar-refractivity contribution < 1.29 is 5.11 Å². The van der Waals surface area contributed by atoms with Crippen LogP contribution in [-0.4, -0.2) is 17.8 Å². The van der Waals surface area contributed by atoms with E-state index in [2.05, 4.69) is 0 Å². The Morgan fingerprint density at radius 1 is 1.45 bits per heavy atom. The van der Waals surface area contributed by atoms with Gasteiger partial charge in [-0.1, -0.05) is 6.42 Å². The summed E-state index contributed by atoms with van der Waals surface area (Å²) in [5, 5.41) is 9.46. The van der Waals surface area contributed by atoms with Gasteiger partial charge in [0, 0.05) is 5.41 Å². The largest absolute Gasteiger partial charge is 0.393 e. The molecule has 2 nitrogen and oxygen atoms in total. The molecule has 3 heteroatoms. The first-order chi connectivity index (χ1) is 4.79. The van der Waals surface area contributed by atoms with E-state index in [0.717, 1.165) is 13.0 Å². The van der Waals surface area contributed by atoms with Crippen LogP contribution in [0.4, 0.5) is 0 Å². The maximum atomic E-state index is 9.46. The molecule has 2 saturated carbocycles. The van der Waals surface area contributed by atoms with Crippen molar-refractivity contribution in [1.82, 2.24) is 0 Å². The molecule has 66 valence electrons. The molecule has 2 aliphatic rings. The van der Waals surface area contributed by atoms with Crippen molar-refractivity contribution in [2.24, 2.45) is 17.1 Å². The molecule has 3 N–H and O–H groups in total. The summed E-state index contributed by atoms with van der Waals surface area (Å²) >= 11 is 0. The number of aliphatic hydroxyl groups excluding tert-OH is 1. The van der Waals surface area contributed by atoms with Crippen molar-refractivity contribution in [2.75, 3.05) is 6.54 Å². The van der Waals surface area contributed by atoms with Crippen molar-refractivity contribution in [1.29, 1.82) is 0 Å². The normalized spacial score (nSPS) is 38.7. The molecule has 0 aromatic heterocycles. The Balaban J connectivity index is 0.000000605. The monoisotopic (exact) mass is 177 g/mol. The van der Waals surface area contributed by atoms with Gasteiger partial charge in [0.15, 0.2) is 0 Å². The van der Waals surface area contributed by atoms with E-state index in [-0.39, 0.29) is 18.5 Å². The quantitative estimate of drug-likeness (QED) is 0.626. The summed E-state index contributed by atoms with van der Waals surface area (Å²) in [6.45, 7) is 0.775. The third-order valence-electron chi connectivity index (χ3n) is 3.55. The van der Waals surface area contributed by atoms with Crippen LogP contribution in [0, 0.1) is 11.3 Å². The summed E-state index contributed by atoms with van der Waals surface area (Å²) in [7, 11) is 0. The lowest BCUT2D eigenvalue weighted by molar-refractivity contribution is -0.165. The molecule has 0 saturated heterocycles. The van der Waals surface area contributed by atoms with Gasteiger partial charge in [0.05, 0.1) is 6.10 Å². The number of hydrogen-bond donors (Lipinski definition) is 2. The highest BCUT2D eigenvalue weighted by atomic mass is 35.5. The van der Waals surface area contributed by atoms with Gasteiger partial charge in [0.1, 0.15) is 0 Å². The fraction of sp³-hybridized carbons (Fsp3) is 1.00. The Hall–Kier alpha value is 0.210. The minimum Gasteiger partial charge on any atom is -0.393 e. The summed E-state index contributed by atoms with van der Waals surface area (Å²) < 4.78 is 0. The second-order valence-electron chi connectivity index (χ2n) is 3.77. The fourth-order valence-electron chi connectivity index (χ4n) is 2.51. The molecular weight excluding hydrogens is 162 g/mol. The molecule has 2 atom stereocenters. The number of halogens is 1. The van der Waals surface area contributed by atoms with Crippen LogP contribution in [0.2, 0.25) is 0 Å². The number of nitrogens with two attached hydrogens (primary N) is 1. The summed E-state index contributed by atoms with van der Waals surface area (Å²) in [5.74, 6) is 0.635. The topological polar surface area (TPSA) is 46.2 Å². The van der Waals surface area contributed by atoms with Gasteiger partial charge in [-0.2, -0.15) is 0 Å². The highest BCUT2D eigenvalue weighted by Crippen LogP contribution is 2.59.